The standard InChI is InChI=1S/C16H17Cl2N3O/c1-21(2)10-12-6-4-3-5-11(12)9-19-16(22)15-13(17)7-8-14(18)20-15/h3-8H,9-10H2,1-2H3,(H,19,22)/p+1. The van der Waals surface area contributed by atoms with E-state index in [-0.39, 0.29) is 21.8 Å². The van der Waals surface area contributed by atoms with Crippen LogP contribution in [0.2, 0.25) is 10.2 Å². The van der Waals surface area contributed by atoms with Gasteiger partial charge in [0.25, 0.3) is 5.91 Å². The largest absolute Gasteiger partial charge is 0.347 e. The van der Waals surface area contributed by atoms with Crippen molar-refractivity contribution in [2.24, 2.45) is 0 Å². The van der Waals surface area contributed by atoms with Gasteiger partial charge < -0.3 is 10.2 Å². The van der Waals surface area contributed by atoms with Crippen LogP contribution in [0.5, 0.6) is 0 Å². The van der Waals surface area contributed by atoms with E-state index < -0.39 is 0 Å². The topological polar surface area (TPSA) is 46.4 Å². The zero-order chi connectivity index (χ0) is 16.1. The molecule has 0 unspecified atom stereocenters. The van der Waals surface area contributed by atoms with E-state index in [0.29, 0.717) is 6.54 Å². The van der Waals surface area contributed by atoms with Crippen molar-refractivity contribution < 1.29 is 9.69 Å². The first kappa shape index (κ1) is 16.7. The number of quaternary nitrogens is 1. The maximum Gasteiger partial charge on any atom is 0.271 e. The lowest BCUT2D eigenvalue weighted by Gasteiger charge is -2.13. The summed E-state index contributed by atoms with van der Waals surface area (Å²) in [7, 11) is 4.18. The van der Waals surface area contributed by atoms with Crippen LogP contribution in [0.3, 0.4) is 0 Å². The number of nitrogens with zero attached hydrogens (tertiary/aromatic N) is 1. The van der Waals surface area contributed by atoms with Gasteiger partial charge in [0.05, 0.1) is 19.1 Å². The highest BCUT2D eigenvalue weighted by atomic mass is 35.5. The Balaban J connectivity index is 2.10. The fraction of sp³-hybridized carbons (Fsp3) is 0.250. The van der Waals surface area contributed by atoms with E-state index in [1.807, 2.05) is 18.2 Å². The predicted octanol–water partition coefficient (Wildman–Crippen LogP) is 1.96. The summed E-state index contributed by atoms with van der Waals surface area (Å²) < 4.78 is 0. The number of hydrogen-bond acceptors (Lipinski definition) is 2. The van der Waals surface area contributed by atoms with Crippen molar-refractivity contribution in [2.75, 3.05) is 14.1 Å². The minimum Gasteiger partial charge on any atom is -0.347 e. The monoisotopic (exact) mass is 338 g/mol. The Labute approximate surface area is 140 Å². The third-order valence-electron chi connectivity index (χ3n) is 3.13. The SMILES string of the molecule is C[NH+](C)Cc1ccccc1CNC(=O)c1nc(Cl)ccc1Cl. The maximum absolute atomic E-state index is 12.2. The Kier molecular flexibility index (Phi) is 5.77. The normalized spacial score (nSPS) is 10.8. The molecule has 0 saturated heterocycles. The summed E-state index contributed by atoms with van der Waals surface area (Å²) in [6.45, 7) is 1.31. The molecule has 1 aromatic heterocycles. The van der Waals surface area contributed by atoms with Crippen LogP contribution in [-0.4, -0.2) is 25.0 Å². The van der Waals surface area contributed by atoms with Gasteiger partial charge in [-0.25, -0.2) is 4.98 Å². The molecule has 0 aliphatic rings. The minimum atomic E-state index is -0.334. The van der Waals surface area contributed by atoms with Gasteiger partial charge in [-0.3, -0.25) is 4.79 Å². The molecule has 2 aromatic rings. The van der Waals surface area contributed by atoms with Crippen LogP contribution in [0.4, 0.5) is 0 Å². The van der Waals surface area contributed by atoms with E-state index in [0.717, 1.165) is 12.1 Å². The summed E-state index contributed by atoms with van der Waals surface area (Å²) in [6, 6.07) is 11.1. The molecule has 0 aliphatic heterocycles. The predicted molar refractivity (Wildman–Crippen MR) is 88.4 cm³/mol. The fourth-order valence-electron chi connectivity index (χ4n) is 2.12. The Hall–Kier alpha value is -1.62. The fourth-order valence-corrected chi connectivity index (χ4v) is 2.46. The number of halogens is 2. The summed E-state index contributed by atoms with van der Waals surface area (Å²) in [6.07, 6.45) is 0. The first-order valence-corrected chi connectivity index (χ1v) is 7.69. The Morgan fingerprint density at radius 2 is 1.82 bits per heavy atom. The summed E-state index contributed by atoms with van der Waals surface area (Å²) in [5, 5.41) is 3.37. The quantitative estimate of drug-likeness (QED) is 0.818. The molecule has 0 bridgehead atoms. The lowest BCUT2D eigenvalue weighted by molar-refractivity contribution is -0.872. The number of hydrogen-bond donors (Lipinski definition) is 2. The molecular weight excluding hydrogens is 321 g/mol. The lowest BCUT2D eigenvalue weighted by Crippen LogP contribution is -3.04. The number of pyridine rings is 1. The summed E-state index contributed by atoms with van der Waals surface area (Å²) in [5.41, 5.74) is 2.42. The van der Waals surface area contributed by atoms with Crippen LogP contribution in [0.15, 0.2) is 36.4 Å². The van der Waals surface area contributed by atoms with Gasteiger partial charge in [0.1, 0.15) is 17.4 Å². The second-order valence-electron chi connectivity index (χ2n) is 5.30. The van der Waals surface area contributed by atoms with Gasteiger partial charge in [-0.2, -0.15) is 0 Å². The van der Waals surface area contributed by atoms with E-state index in [9.17, 15) is 4.79 Å². The molecule has 2 rings (SSSR count). The number of aromatic nitrogens is 1. The van der Waals surface area contributed by atoms with Crippen molar-refractivity contribution in [3.63, 3.8) is 0 Å². The lowest BCUT2D eigenvalue weighted by atomic mass is 10.1. The summed E-state index contributed by atoms with van der Waals surface area (Å²) in [4.78, 5) is 17.5. The highest BCUT2D eigenvalue weighted by molar-refractivity contribution is 6.34. The van der Waals surface area contributed by atoms with Crippen molar-refractivity contribution in [3.05, 3.63) is 63.4 Å². The Bertz CT molecular complexity index is 674. The molecule has 0 atom stereocenters. The maximum atomic E-state index is 12.2. The molecule has 22 heavy (non-hydrogen) atoms. The molecular formula is C16H18Cl2N3O+. The number of nitrogens with one attached hydrogen (secondary N) is 2. The first-order valence-electron chi connectivity index (χ1n) is 6.93. The first-order chi connectivity index (χ1) is 10.5. The zero-order valence-corrected chi connectivity index (χ0v) is 14.0. The van der Waals surface area contributed by atoms with Crippen LogP contribution < -0.4 is 10.2 Å². The van der Waals surface area contributed by atoms with E-state index in [1.54, 1.807) is 12.1 Å². The third kappa shape index (κ3) is 4.44. The zero-order valence-electron chi connectivity index (χ0n) is 12.5. The molecule has 0 fully saturated rings. The number of amides is 1. The average molecular weight is 339 g/mol. The van der Waals surface area contributed by atoms with Gasteiger partial charge in [0, 0.05) is 12.1 Å². The smallest absolute Gasteiger partial charge is 0.271 e. The second-order valence-corrected chi connectivity index (χ2v) is 6.09. The molecule has 2 N–H and O–H groups in total. The van der Waals surface area contributed by atoms with E-state index in [4.69, 9.17) is 23.2 Å². The Morgan fingerprint density at radius 3 is 2.50 bits per heavy atom. The van der Waals surface area contributed by atoms with Crippen molar-refractivity contribution in [1.29, 1.82) is 0 Å². The van der Waals surface area contributed by atoms with Crippen LogP contribution in [-0.2, 0) is 13.1 Å². The van der Waals surface area contributed by atoms with Gasteiger partial charge in [-0.1, -0.05) is 47.5 Å². The molecule has 6 heteroatoms. The third-order valence-corrected chi connectivity index (χ3v) is 3.64. The minimum absolute atomic E-state index is 0.143. The molecule has 116 valence electrons. The van der Waals surface area contributed by atoms with E-state index >= 15 is 0 Å². The van der Waals surface area contributed by atoms with Crippen LogP contribution in [0, 0.1) is 0 Å². The molecule has 1 aromatic carbocycles. The molecule has 4 nitrogen and oxygen atoms in total. The molecule has 0 spiro atoms. The van der Waals surface area contributed by atoms with Crippen LogP contribution >= 0.6 is 23.2 Å². The van der Waals surface area contributed by atoms with Gasteiger partial charge >= 0.3 is 0 Å². The molecule has 0 aliphatic carbocycles. The van der Waals surface area contributed by atoms with Crippen molar-refractivity contribution >= 4 is 29.1 Å². The Morgan fingerprint density at radius 1 is 1.14 bits per heavy atom. The molecule has 0 saturated carbocycles. The van der Waals surface area contributed by atoms with Crippen LogP contribution in [0.25, 0.3) is 0 Å². The number of carbonyl (C=O) groups excluding carboxylic acids is 1. The van der Waals surface area contributed by atoms with Gasteiger partial charge in [0.2, 0.25) is 0 Å². The summed E-state index contributed by atoms with van der Waals surface area (Å²) in [5.74, 6) is -0.334. The van der Waals surface area contributed by atoms with Gasteiger partial charge in [-0.05, 0) is 17.7 Å². The van der Waals surface area contributed by atoms with Gasteiger partial charge in [-0.15, -0.1) is 0 Å². The summed E-state index contributed by atoms with van der Waals surface area (Å²) >= 11 is 11.8. The van der Waals surface area contributed by atoms with Gasteiger partial charge in [0.15, 0.2) is 0 Å². The highest BCUT2D eigenvalue weighted by Gasteiger charge is 2.13. The number of benzene rings is 1. The number of carbonyl (C=O) groups is 1. The number of rotatable bonds is 5. The average Bonchev–Trinajstić information content (AvgIpc) is 2.48. The highest BCUT2D eigenvalue weighted by Crippen LogP contribution is 2.17. The van der Waals surface area contributed by atoms with E-state index in [2.05, 4.69) is 30.5 Å². The molecule has 0 radical (unpaired) electrons. The van der Waals surface area contributed by atoms with Crippen molar-refractivity contribution in [3.8, 4) is 0 Å². The molecule has 1 amide bonds. The second kappa shape index (κ2) is 7.58. The van der Waals surface area contributed by atoms with Crippen molar-refractivity contribution in [2.45, 2.75) is 13.1 Å². The molecule has 1 heterocycles. The van der Waals surface area contributed by atoms with Crippen molar-refractivity contribution in [1.82, 2.24) is 10.3 Å². The van der Waals surface area contributed by atoms with E-state index in [1.165, 1.54) is 10.5 Å². The van der Waals surface area contributed by atoms with Crippen LogP contribution in [0.1, 0.15) is 21.6 Å².